The molecule has 0 spiro atoms. The molecule has 0 aliphatic heterocycles. The molecule has 1 nitrogen and oxygen atoms in total. The number of rotatable bonds is 5. The number of halogens is 2. The molecule has 4 heteroatoms. The third-order valence-electron chi connectivity index (χ3n) is 10.4. The van der Waals surface area contributed by atoms with Gasteiger partial charge in [0.1, 0.15) is 11.6 Å². The Morgan fingerprint density at radius 1 is 0.471 bits per heavy atom. The number of benzene rings is 7. The summed E-state index contributed by atoms with van der Waals surface area (Å²) in [6.07, 6.45) is 0. The molecule has 0 radical (unpaired) electrons. The molecule has 248 valence electrons. The van der Waals surface area contributed by atoms with Gasteiger partial charge in [0, 0.05) is 27.8 Å². The third kappa shape index (κ3) is 5.69. The molecule has 0 atom stereocenters. The zero-order valence-corrected chi connectivity index (χ0v) is 29.8. The number of hydrogen-bond donors (Lipinski definition) is 0. The van der Waals surface area contributed by atoms with Crippen molar-refractivity contribution in [1.29, 1.82) is 0 Å². The van der Waals surface area contributed by atoms with Crippen molar-refractivity contribution in [2.45, 2.75) is 41.5 Å². The van der Waals surface area contributed by atoms with E-state index < -0.39 is 11.6 Å². The van der Waals surface area contributed by atoms with Crippen molar-refractivity contribution in [2.75, 3.05) is 0 Å². The molecular formula is C47H38BF2N. The van der Waals surface area contributed by atoms with Crippen molar-refractivity contribution in [2.24, 2.45) is 0 Å². The lowest BCUT2D eigenvalue weighted by molar-refractivity contribution is 0.584. The average Bonchev–Trinajstić information content (AvgIpc) is 3.09. The van der Waals surface area contributed by atoms with Crippen LogP contribution < -0.4 is 16.4 Å². The summed E-state index contributed by atoms with van der Waals surface area (Å²) in [5.74, 6) is -1.25. The van der Waals surface area contributed by atoms with Crippen molar-refractivity contribution in [3.05, 3.63) is 166 Å². The second-order valence-corrected chi connectivity index (χ2v) is 14.2. The van der Waals surface area contributed by atoms with Crippen molar-refractivity contribution in [3.8, 4) is 22.4 Å². The van der Waals surface area contributed by atoms with E-state index in [1.54, 1.807) is 0 Å². The molecule has 8 rings (SSSR count). The molecule has 0 saturated carbocycles. The van der Waals surface area contributed by atoms with Gasteiger partial charge in [-0.1, -0.05) is 141 Å². The van der Waals surface area contributed by atoms with Crippen molar-refractivity contribution in [1.82, 2.24) is 4.98 Å². The van der Waals surface area contributed by atoms with Crippen molar-refractivity contribution in [3.63, 3.8) is 0 Å². The first-order valence-corrected chi connectivity index (χ1v) is 17.5. The maximum Gasteiger partial charge on any atom is 0.242 e. The zero-order chi connectivity index (χ0) is 35.6. The molecule has 0 aliphatic rings. The lowest BCUT2D eigenvalue weighted by Crippen LogP contribution is -2.55. The predicted octanol–water partition coefficient (Wildman–Crippen LogP) is 10.5. The molecular weight excluding hydrogens is 627 g/mol. The van der Waals surface area contributed by atoms with E-state index in [0.29, 0.717) is 11.3 Å². The number of pyridine rings is 1. The lowest BCUT2D eigenvalue weighted by atomic mass is 9.34. The minimum absolute atomic E-state index is 0.0682. The van der Waals surface area contributed by atoms with Crippen LogP contribution in [0.1, 0.15) is 33.4 Å². The van der Waals surface area contributed by atoms with E-state index in [-0.39, 0.29) is 6.71 Å². The lowest BCUT2D eigenvalue weighted by Gasteiger charge is -2.25. The maximum atomic E-state index is 14.6. The third-order valence-corrected chi connectivity index (χ3v) is 10.4. The van der Waals surface area contributed by atoms with Crippen molar-refractivity contribution < 1.29 is 8.78 Å². The van der Waals surface area contributed by atoms with Crippen LogP contribution in [0.25, 0.3) is 54.8 Å². The summed E-state index contributed by atoms with van der Waals surface area (Å²) in [6.45, 7) is 13.3. The Morgan fingerprint density at radius 3 is 1.55 bits per heavy atom. The molecule has 0 fully saturated rings. The van der Waals surface area contributed by atoms with Crippen LogP contribution in [0.15, 0.2) is 121 Å². The van der Waals surface area contributed by atoms with E-state index in [9.17, 15) is 8.78 Å². The molecule has 7 aromatic carbocycles. The van der Waals surface area contributed by atoms with Gasteiger partial charge in [-0.15, -0.1) is 0 Å². The van der Waals surface area contributed by atoms with Crippen molar-refractivity contribution >= 4 is 55.5 Å². The number of aromatic nitrogens is 1. The Morgan fingerprint density at radius 2 is 0.980 bits per heavy atom. The molecule has 0 saturated heterocycles. The average molecular weight is 666 g/mol. The van der Waals surface area contributed by atoms with Gasteiger partial charge in [-0.2, -0.15) is 0 Å². The highest BCUT2D eigenvalue weighted by Gasteiger charge is 2.28. The fourth-order valence-corrected chi connectivity index (χ4v) is 8.59. The molecule has 51 heavy (non-hydrogen) atoms. The molecule has 1 aromatic heterocycles. The van der Waals surface area contributed by atoms with Gasteiger partial charge in [0.2, 0.25) is 6.71 Å². The largest absolute Gasteiger partial charge is 0.247 e. The summed E-state index contributed by atoms with van der Waals surface area (Å²) < 4.78 is 29.3. The minimum Gasteiger partial charge on any atom is -0.247 e. The first kappa shape index (κ1) is 32.6. The highest BCUT2D eigenvalue weighted by Crippen LogP contribution is 2.41. The van der Waals surface area contributed by atoms with E-state index in [0.717, 1.165) is 49.6 Å². The molecule has 0 bridgehead atoms. The Hall–Kier alpha value is -5.61. The van der Waals surface area contributed by atoms with Crippen LogP contribution in [0.2, 0.25) is 0 Å². The summed E-state index contributed by atoms with van der Waals surface area (Å²) in [6, 6.07) is 40.4. The SMILES string of the molecule is Cc1cc(C)c(B(c2ccc(-c3cc4c(-c5cc(F)cc(F)c5)nc5ccccc5c4c4ccccc34)cc2)c2c(C)cc(C)cc2C)c(C)c1. The standard InChI is InChI=1S/C47H38BF2N/c1-27-19-29(3)45(30(4)20-27)48(46-31(5)21-28(2)22-32(46)6)35-17-15-33(16-18-35)41-26-42-44(39-12-8-7-11-38(39)41)40-13-9-10-14-43(40)51-47(42)34-23-36(49)25-37(50)24-34/h7-26H,1-6H3. The van der Waals surface area contributed by atoms with E-state index in [2.05, 4.69) is 126 Å². The summed E-state index contributed by atoms with van der Waals surface area (Å²) in [5, 5.41) is 5.05. The molecule has 0 aliphatic carbocycles. The smallest absolute Gasteiger partial charge is 0.242 e. The van der Waals surface area contributed by atoms with Gasteiger partial charge in [0.15, 0.2) is 0 Å². The summed E-state index contributed by atoms with van der Waals surface area (Å²) in [7, 11) is 0. The summed E-state index contributed by atoms with van der Waals surface area (Å²) in [4.78, 5) is 5.01. The monoisotopic (exact) mass is 665 g/mol. The second kappa shape index (κ2) is 12.6. The first-order chi connectivity index (χ1) is 24.6. The Labute approximate surface area is 298 Å². The molecule has 0 amide bonds. The number of nitrogens with zero attached hydrogens (tertiary/aromatic N) is 1. The maximum absolute atomic E-state index is 14.6. The summed E-state index contributed by atoms with van der Waals surface area (Å²) in [5.41, 5.74) is 15.5. The van der Waals surface area contributed by atoms with Crippen LogP contribution in [-0.4, -0.2) is 11.7 Å². The molecule has 0 N–H and O–H groups in total. The normalized spacial score (nSPS) is 11.5. The van der Waals surface area contributed by atoms with Crippen LogP contribution in [-0.2, 0) is 0 Å². The van der Waals surface area contributed by atoms with Gasteiger partial charge < -0.3 is 0 Å². The Kier molecular flexibility index (Phi) is 8.06. The van der Waals surface area contributed by atoms with E-state index in [4.69, 9.17) is 4.98 Å². The van der Waals surface area contributed by atoms with Crippen LogP contribution in [0.4, 0.5) is 8.78 Å². The topological polar surface area (TPSA) is 12.9 Å². The second-order valence-electron chi connectivity index (χ2n) is 14.2. The van der Waals surface area contributed by atoms with Crippen LogP contribution in [0.3, 0.4) is 0 Å². The van der Waals surface area contributed by atoms with Crippen LogP contribution >= 0.6 is 0 Å². The van der Waals surface area contributed by atoms with Gasteiger partial charge in [0.05, 0.1) is 11.2 Å². The van der Waals surface area contributed by atoms with Gasteiger partial charge in [-0.3, -0.25) is 0 Å². The highest BCUT2D eigenvalue weighted by atomic mass is 19.1. The Bertz CT molecular complexity index is 2550. The number of para-hydroxylation sites is 1. The fraction of sp³-hybridized carbons (Fsp3) is 0.128. The molecule has 8 aromatic rings. The number of hydrogen-bond acceptors (Lipinski definition) is 1. The number of aryl methyl sites for hydroxylation is 6. The van der Waals surface area contributed by atoms with Gasteiger partial charge in [0.25, 0.3) is 0 Å². The Balaban J connectivity index is 1.38. The quantitative estimate of drug-likeness (QED) is 0.132. The zero-order valence-electron chi connectivity index (χ0n) is 29.8. The first-order valence-electron chi connectivity index (χ1n) is 17.5. The predicted molar refractivity (Wildman–Crippen MR) is 214 cm³/mol. The molecule has 0 unspecified atom stereocenters. The van der Waals surface area contributed by atoms with Crippen LogP contribution in [0.5, 0.6) is 0 Å². The molecule has 1 heterocycles. The van der Waals surface area contributed by atoms with Gasteiger partial charge in [-0.25, -0.2) is 13.8 Å². The van der Waals surface area contributed by atoms with Gasteiger partial charge in [-0.05, 0) is 87.7 Å². The van der Waals surface area contributed by atoms with Gasteiger partial charge >= 0.3 is 0 Å². The fourth-order valence-electron chi connectivity index (χ4n) is 8.59. The summed E-state index contributed by atoms with van der Waals surface area (Å²) >= 11 is 0. The van der Waals surface area contributed by atoms with Crippen LogP contribution in [0, 0.1) is 53.2 Å². The van der Waals surface area contributed by atoms with E-state index in [1.165, 1.54) is 61.9 Å². The highest BCUT2D eigenvalue weighted by molar-refractivity contribution is 6.96. The minimum atomic E-state index is -0.627. The number of fused-ring (bicyclic) bond motifs is 5. The van der Waals surface area contributed by atoms with E-state index >= 15 is 0 Å². The van der Waals surface area contributed by atoms with E-state index in [1.807, 2.05) is 18.2 Å².